The Balaban J connectivity index is 0.00000320. The Hall–Kier alpha value is -2.55. The van der Waals surface area contributed by atoms with Crippen molar-refractivity contribution in [3.63, 3.8) is 0 Å². The van der Waals surface area contributed by atoms with E-state index in [9.17, 15) is 0 Å². The second-order valence-electron chi connectivity index (χ2n) is 6.92. The lowest BCUT2D eigenvalue weighted by Gasteiger charge is -2.13. The molecule has 0 fully saturated rings. The van der Waals surface area contributed by atoms with E-state index >= 15 is 0 Å². The van der Waals surface area contributed by atoms with Crippen molar-refractivity contribution in [3.8, 4) is 5.75 Å². The van der Waals surface area contributed by atoms with Crippen LogP contribution in [0.2, 0.25) is 0 Å². The average Bonchev–Trinajstić information content (AvgIpc) is 3.01. The summed E-state index contributed by atoms with van der Waals surface area (Å²) in [4.78, 5) is 4.33. The molecule has 0 radical (unpaired) electrons. The molecule has 0 saturated carbocycles. The van der Waals surface area contributed by atoms with Gasteiger partial charge >= 0.3 is 0 Å². The van der Waals surface area contributed by atoms with Crippen molar-refractivity contribution in [2.45, 2.75) is 33.5 Å². The SMILES string of the molecule is CN=C(NCc1cccc(OC)c1)NCc1c(C)nn(Cc2ccccc2)c1C.I. The fraction of sp³-hybridized carbons (Fsp3) is 0.304. The Kier molecular flexibility index (Phi) is 9.16. The Morgan fingerprint density at radius 1 is 1.00 bits per heavy atom. The van der Waals surface area contributed by atoms with Gasteiger partial charge in [-0.05, 0) is 37.1 Å². The first-order chi connectivity index (χ1) is 14.1. The second kappa shape index (κ2) is 11.6. The maximum Gasteiger partial charge on any atom is 0.191 e. The Morgan fingerprint density at radius 3 is 2.40 bits per heavy atom. The fourth-order valence-electron chi connectivity index (χ4n) is 3.26. The van der Waals surface area contributed by atoms with Gasteiger partial charge in [0.25, 0.3) is 0 Å². The van der Waals surface area contributed by atoms with Crippen molar-refractivity contribution in [2.75, 3.05) is 14.2 Å². The third-order valence-electron chi connectivity index (χ3n) is 4.96. The summed E-state index contributed by atoms with van der Waals surface area (Å²) in [7, 11) is 3.45. The molecule has 0 spiro atoms. The van der Waals surface area contributed by atoms with Crippen LogP contribution in [0.15, 0.2) is 59.6 Å². The largest absolute Gasteiger partial charge is 0.497 e. The van der Waals surface area contributed by atoms with Crippen LogP contribution in [0.1, 0.15) is 28.1 Å². The number of hydrogen-bond acceptors (Lipinski definition) is 3. The quantitative estimate of drug-likeness (QED) is 0.281. The van der Waals surface area contributed by atoms with Crippen molar-refractivity contribution in [1.82, 2.24) is 20.4 Å². The minimum atomic E-state index is 0. The first kappa shape index (κ1) is 23.7. The molecule has 0 aliphatic carbocycles. The first-order valence-corrected chi connectivity index (χ1v) is 9.75. The number of halogens is 1. The van der Waals surface area contributed by atoms with Crippen molar-refractivity contribution in [3.05, 3.63) is 82.7 Å². The molecule has 0 bridgehead atoms. The minimum absolute atomic E-state index is 0. The zero-order valence-electron chi connectivity index (χ0n) is 18.0. The van der Waals surface area contributed by atoms with Crippen LogP contribution in [0, 0.1) is 13.8 Å². The van der Waals surface area contributed by atoms with Crippen LogP contribution in [0.3, 0.4) is 0 Å². The molecule has 0 unspecified atom stereocenters. The third-order valence-corrected chi connectivity index (χ3v) is 4.96. The summed E-state index contributed by atoms with van der Waals surface area (Å²) in [5.74, 6) is 1.60. The summed E-state index contributed by atoms with van der Waals surface area (Å²) in [5, 5.41) is 11.5. The number of nitrogens with zero attached hydrogens (tertiary/aromatic N) is 3. The van der Waals surface area contributed by atoms with Crippen molar-refractivity contribution in [1.29, 1.82) is 0 Å². The van der Waals surface area contributed by atoms with E-state index in [0.717, 1.165) is 29.5 Å². The number of hydrogen-bond donors (Lipinski definition) is 2. The molecular weight excluding hydrogens is 489 g/mol. The van der Waals surface area contributed by atoms with Gasteiger partial charge in [0, 0.05) is 31.4 Å². The average molecular weight is 519 g/mol. The van der Waals surface area contributed by atoms with E-state index in [2.05, 4.69) is 64.5 Å². The molecule has 1 heterocycles. The number of rotatable bonds is 7. The molecule has 30 heavy (non-hydrogen) atoms. The smallest absolute Gasteiger partial charge is 0.191 e. The lowest BCUT2D eigenvalue weighted by atomic mass is 10.2. The maximum absolute atomic E-state index is 5.28. The third kappa shape index (κ3) is 6.22. The lowest BCUT2D eigenvalue weighted by molar-refractivity contribution is 0.414. The van der Waals surface area contributed by atoms with Gasteiger partial charge in [-0.2, -0.15) is 5.10 Å². The van der Waals surface area contributed by atoms with Crippen LogP contribution in [-0.2, 0) is 19.6 Å². The molecular formula is C23H30IN5O. The molecule has 2 aromatic carbocycles. The predicted molar refractivity (Wildman–Crippen MR) is 133 cm³/mol. The number of nitrogens with one attached hydrogen (secondary N) is 2. The predicted octanol–water partition coefficient (Wildman–Crippen LogP) is 4.04. The van der Waals surface area contributed by atoms with Crippen LogP contribution in [-0.4, -0.2) is 29.9 Å². The van der Waals surface area contributed by atoms with E-state index in [1.807, 2.05) is 24.3 Å². The van der Waals surface area contributed by atoms with Crippen LogP contribution < -0.4 is 15.4 Å². The summed E-state index contributed by atoms with van der Waals surface area (Å²) in [5.41, 5.74) is 5.78. The van der Waals surface area contributed by atoms with Crippen LogP contribution >= 0.6 is 24.0 Å². The number of aryl methyl sites for hydroxylation is 1. The van der Waals surface area contributed by atoms with E-state index in [0.29, 0.717) is 13.1 Å². The molecule has 2 N–H and O–H groups in total. The van der Waals surface area contributed by atoms with Gasteiger partial charge in [0.05, 0.1) is 19.3 Å². The maximum atomic E-state index is 5.28. The van der Waals surface area contributed by atoms with Gasteiger partial charge in [0.2, 0.25) is 0 Å². The molecule has 0 aliphatic heterocycles. The molecule has 0 aliphatic rings. The molecule has 0 atom stereocenters. The van der Waals surface area contributed by atoms with Gasteiger partial charge in [0.15, 0.2) is 5.96 Å². The lowest BCUT2D eigenvalue weighted by Crippen LogP contribution is -2.36. The summed E-state index contributed by atoms with van der Waals surface area (Å²) >= 11 is 0. The van der Waals surface area contributed by atoms with E-state index in [-0.39, 0.29) is 24.0 Å². The van der Waals surface area contributed by atoms with Gasteiger partial charge in [-0.3, -0.25) is 9.67 Å². The number of aromatic nitrogens is 2. The van der Waals surface area contributed by atoms with E-state index in [1.54, 1.807) is 14.2 Å². The zero-order valence-corrected chi connectivity index (χ0v) is 20.3. The number of aliphatic imine (C=N–C) groups is 1. The number of methoxy groups -OCH3 is 1. The summed E-state index contributed by atoms with van der Waals surface area (Å²) in [6.07, 6.45) is 0. The monoisotopic (exact) mass is 519 g/mol. The van der Waals surface area contributed by atoms with Crippen LogP contribution in [0.5, 0.6) is 5.75 Å². The minimum Gasteiger partial charge on any atom is -0.497 e. The molecule has 3 aromatic rings. The fourth-order valence-corrected chi connectivity index (χ4v) is 3.26. The topological polar surface area (TPSA) is 63.5 Å². The van der Waals surface area contributed by atoms with E-state index in [1.165, 1.54) is 16.8 Å². The number of guanidine groups is 1. The number of ether oxygens (including phenoxy) is 1. The van der Waals surface area contributed by atoms with Crippen molar-refractivity contribution in [2.24, 2.45) is 4.99 Å². The molecule has 160 valence electrons. The first-order valence-electron chi connectivity index (χ1n) is 9.75. The molecule has 0 saturated heterocycles. The summed E-state index contributed by atoms with van der Waals surface area (Å²) in [6.45, 7) is 6.28. The molecule has 0 amide bonds. The normalized spacial score (nSPS) is 11.0. The highest BCUT2D eigenvalue weighted by molar-refractivity contribution is 14.0. The molecule has 3 rings (SSSR count). The highest BCUT2D eigenvalue weighted by Crippen LogP contribution is 2.15. The highest BCUT2D eigenvalue weighted by atomic mass is 127. The Morgan fingerprint density at radius 2 is 1.70 bits per heavy atom. The summed E-state index contributed by atoms with van der Waals surface area (Å²) < 4.78 is 7.35. The summed E-state index contributed by atoms with van der Waals surface area (Å²) in [6, 6.07) is 18.4. The van der Waals surface area contributed by atoms with E-state index in [4.69, 9.17) is 9.84 Å². The van der Waals surface area contributed by atoms with E-state index < -0.39 is 0 Å². The second-order valence-corrected chi connectivity index (χ2v) is 6.92. The van der Waals surface area contributed by atoms with Gasteiger partial charge in [-0.25, -0.2) is 0 Å². The molecule has 6 nitrogen and oxygen atoms in total. The Bertz CT molecular complexity index is 969. The van der Waals surface area contributed by atoms with Gasteiger partial charge < -0.3 is 15.4 Å². The standard InChI is InChI=1S/C23H29N5O.HI/c1-17-22(18(2)28(27-17)16-19-9-6-5-7-10-19)15-26-23(24-3)25-14-20-11-8-12-21(13-20)29-4;/h5-13H,14-16H2,1-4H3,(H2,24,25,26);1H. The van der Waals surface area contributed by atoms with Crippen LogP contribution in [0.25, 0.3) is 0 Å². The van der Waals surface area contributed by atoms with Crippen LogP contribution in [0.4, 0.5) is 0 Å². The molecule has 1 aromatic heterocycles. The van der Waals surface area contributed by atoms with Crippen molar-refractivity contribution >= 4 is 29.9 Å². The molecule has 7 heteroatoms. The van der Waals surface area contributed by atoms with Gasteiger partial charge in [0.1, 0.15) is 5.75 Å². The van der Waals surface area contributed by atoms with Gasteiger partial charge in [-0.1, -0.05) is 42.5 Å². The zero-order chi connectivity index (χ0) is 20.6. The Labute approximate surface area is 195 Å². The van der Waals surface area contributed by atoms with Crippen molar-refractivity contribution < 1.29 is 4.74 Å². The number of benzene rings is 2. The highest BCUT2D eigenvalue weighted by Gasteiger charge is 2.12. The van der Waals surface area contributed by atoms with Gasteiger partial charge in [-0.15, -0.1) is 24.0 Å².